The Labute approximate surface area is 180 Å². The maximum absolute atomic E-state index is 13.1. The van der Waals surface area contributed by atoms with Crippen molar-refractivity contribution >= 4 is 27.5 Å². The second-order valence-electron chi connectivity index (χ2n) is 6.82. The van der Waals surface area contributed by atoms with E-state index in [0.717, 1.165) is 35.4 Å². The van der Waals surface area contributed by atoms with Gasteiger partial charge in [0.15, 0.2) is 11.5 Å². The monoisotopic (exact) mass is 462 g/mol. The van der Waals surface area contributed by atoms with E-state index < -0.39 is 0 Å². The molecule has 2 aromatic rings. The van der Waals surface area contributed by atoms with E-state index in [1.807, 2.05) is 36.1 Å². The van der Waals surface area contributed by atoms with Gasteiger partial charge in [-0.05, 0) is 46.6 Å². The van der Waals surface area contributed by atoms with Crippen LogP contribution in [0.15, 0.2) is 40.9 Å². The summed E-state index contributed by atoms with van der Waals surface area (Å²) in [6.45, 7) is 5.50. The van der Waals surface area contributed by atoms with Gasteiger partial charge < -0.3 is 24.0 Å². The fourth-order valence-corrected chi connectivity index (χ4v) is 3.90. The molecular weight excluding hydrogens is 436 g/mol. The number of nitrogens with zero attached hydrogens (tertiary/aromatic N) is 2. The number of halogens is 1. The van der Waals surface area contributed by atoms with Gasteiger partial charge in [0.2, 0.25) is 0 Å². The number of methoxy groups -OCH3 is 2. The molecule has 29 heavy (non-hydrogen) atoms. The summed E-state index contributed by atoms with van der Waals surface area (Å²) in [5.74, 6) is 2.03. The number of carbonyl (C=O) groups excluding carboxylic acids is 1. The lowest BCUT2D eigenvalue weighted by Gasteiger charge is -2.36. The lowest BCUT2D eigenvalue weighted by Crippen LogP contribution is -2.48. The third-order valence-electron chi connectivity index (χ3n) is 4.91. The minimum Gasteiger partial charge on any atom is -0.497 e. The topological polar surface area (TPSA) is 51.2 Å². The summed E-state index contributed by atoms with van der Waals surface area (Å²) in [7, 11) is 3.25. The molecule has 1 heterocycles. The highest BCUT2D eigenvalue weighted by Crippen LogP contribution is 2.37. The summed E-state index contributed by atoms with van der Waals surface area (Å²) in [5.41, 5.74) is 1.70. The largest absolute Gasteiger partial charge is 0.497 e. The summed E-state index contributed by atoms with van der Waals surface area (Å²) in [5, 5.41) is 0. The lowest BCUT2D eigenvalue weighted by atomic mass is 10.1. The quantitative estimate of drug-likeness (QED) is 0.616. The Balaban J connectivity index is 1.69. The minimum atomic E-state index is -0.00339. The van der Waals surface area contributed by atoms with Crippen molar-refractivity contribution in [1.29, 1.82) is 0 Å². The zero-order chi connectivity index (χ0) is 20.8. The van der Waals surface area contributed by atoms with Gasteiger partial charge in [0, 0.05) is 43.5 Å². The molecular formula is C22H27BrN2O4. The first-order chi connectivity index (χ1) is 14.1. The molecule has 0 saturated carbocycles. The van der Waals surface area contributed by atoms with Crippen LogP contribution in [0.4, 0.5) is 5.69 Å². The van der Waals surface area contributed by atoms with Crippen molar-refractivity contribution in [3.8, 4) is 17.2 Å². The predicted molar refractivity (Wildman–Crippen MR) is 118 cm³/mol. The average molecular weight is 463 g/mol. The molecule has 0 unspecified atom stereocenters. The molecule has 7 heteroatoms. The molecule has 1 amide bonds. The van der Waals surface area contributed by atoms with E-state index in [0.29, 0.717) is 36.8 Å². The van der Waals surface area contributed by atoms with Gasteiger partial charge in [-0.1, -0.05) is 13.0 Å². The molecule has 3 rings (SSSR count). The van der Waals surface area contributed by atoms with E-state index in [4.69, 9.17) is 14.2 Å². The van der Waals surface area contributed by atoms with E-state index in [-0.39, 0.29) is 5.91 Å². The molecule has 0 aromatic heterocycles. The highest BCUT2D eigenvalue weighted by Gasteiger charge is 2.24. The maximum atomic E-state index is 13.1. The molecule has 0 spiro atoms. The molecule has 1 fully saturated rings. The Hall–Kier alpha value is -2.41. The van der Waals surface area contributed by atoms with Crippen LogP contribution < -0.4 is 19.1 Å². The van der Waals surface area contributed by atoms with Crippen molar-refractivity contribution in [3.63, 3.8) is 0 Å². The summed E-state index contributed by atoms with van der Waals surface area (Å²) in [4.78, 5) is 17.2. The van der Waals surface area contributed by atoms with Gasteiger partial charge in [-0.3, -0.25) is 4.79 Å². The van der Waals surface area contributed by atoms with Crippen LogP contribution in [0.1, 0.15) is 23.7 Å². The van der Waals surface area contributed by atoms with Crippen LogP contribution in [0.3, 0.4) is 0 Å². The van der Waals surface area contributed by atoms with Crippen molar-refractivity contribution in [2.45, 2.75) is 13.3 Å². The van der Waals surface area contributed by atoms with E-state index in [2.05, 4.69) is 26.9 Å². The number of amides is 1. The van der Waals surface area contributed by atoms with Gasteiger partial charge in [-0.2, -0.15) is 0 Å². The minimum absolute atomic E-state index is 0.00339. The van der Waals surface area contributed by atoms with Crippen molar-refractivity contribution in [2.24, 2.45) is 0 Å². The first-order valence-electron chi connectivity index (χ1n) is 9.76. The third-order valence-corrected chi connectivity index (χ3v) is 5.50. The number of hydrogen-bond acceptors (Lipinski definition) is 5. The lowest BCUT2D eigenvalue weighted by molar-refractivity contribution is 0.0746. The average Bonchev–Trinajstić information content (AvgIpc) is 2.77. The summed E-state index contributed by atoms with van der Waals surface area (Å²) in [6.07, 6.45) is 0.897. The van der Waals surface area contributed by atoms with Gasteiger partial charge >= 0.3 is 0 Å². The summed E-state index contributed by atoms with van der Waals surface area (Å²) in [6, 6.07) is 11.6. The predicted octanol–water partition coefficient (Wildman–Crippen LogP) is 4.22. The Kier molecular flexibility index (Phi) is 7.25. The fourth-order valence-electron chi connectivity index (χ4n) is 3.35. The molecule has 156 valence electrons. The van der Waals surface area contributed by atoms with E-state index in [1.165, 1.54) is 0 Å². The van der Waals surface area contributed by atoms with E-state index in [9.17, 15) is 4.79 Å². The zero-order valence-electron chi connectivity index (χ0n) is 17.1. The summed E-state index contributed by atoms with van der Waals surface area (Å²) >= 11 is 3.52. The first-order valence-corrected chi connectivity index (χ1v) is 10.5. The molecule has 0 aliphatic carbocycles. The zero-order valence-corrected chi connectivity index (χ0v) is 18.7. The van der Waals surface area contributed by atoms with Crippen molar-refractivity contribution in [2.75, 3.05) is 51.9 Å². The van der Waals surface area contributed by atoms with Crippen LogP contribution >= 0.6 is 15.9 Å². The fraction of sp³-hybridized carbons (Fsp3) is 0.409. The second kappa shape index (κ2) is 9.87. The van der Waals surface area contributed by atoms with Crippen LogP contribution in [-0.4, -0.2) is 57.8 Å². The second-order valence-corrected chi connectivity index (χ2v) is 7.67. The molecule has 2 aromatic carbocycles. The number of rotatable bonds is 7. The molecule has 1 aliphatic rings. The molecule has 0 N–H and O–H groups in total. The van der Waals surface area contributed by atoms with Crippen molar-refractivity contribution < 1.29 is 19.0 Å². The number of benzene rings is 2. The number of piperazine rings is 1. The van der Waals surface area contributed by atoms with Crippen molar-refractivity contribution in [1.82, 2.24) is 4.90 Å². The highest BCUT2D eigenvalue weighted by atomic mass is 79.9. The van der Waals surface area contributed by atoms with E-state index in [1.54, 1.807) is 20.3 Å². The molecule has 0 radical (unpaired) electrons. The first kappa shape index (κ1) is 21.3. The standard InChI is InChI=1S/C22H27BrN2O4/c1-4-12-29-21-19(23)13-16(14-20(21)28-3)22(26)25-10-8-24(9-11-25)17-6-5-7-18(15-17)27-2/h5-7,13-15H,4,8-12H2,1-3H3. The number of ether oxygens (including phenoxy) is 3. The molecule has 1 saturated heterocycles. The van der Waals surface area contributed by atoms with E-state index >= 15 is 0 Å². The Morgan fingerprint density at radius 3 is 2.48 bits per heavy atom. The van der Waals surface area contributed by atoms with Gasteiger partial charge in [-0.15, -0.1) is 0 Å². The van der Waals surface area contributed by atoms with Crippen LogP contribution in [0.25, 0.3) is 0 Å². The Morgan fingerprint density at radius 1 is 1.07 bits per heavy atom. The normalized spacial score (nSPS) is 13.9. The van der Waals surface area contributed by atoms with Gasteiger partial charge in [0.05, 0.1) is 25.3 Å². The molecule has 0 bridgehead atoms. The van der Waals surface area contributed by atoms with Gasteiger partial charge in [0.1, 0.15) is 5.75 Å². The van der Waals surface area contributed by atoms with Crippen LogP contribution in [0.2, 0.25) is 0 Å². The number of anilines is 1. The molecule has 1 aliphatic heterocycles. The smallest absolute Gasteiger partial charge is 0.254 e. The number of carbonyl (C=O) groups is 1. The van der Waals surface area contributed by atoms with Gasteiger partial charge in [0.25, 0.3) is 5.91 Å². The SMILES string of the molecule is CCCOc1c(Br)cc(C(=O)N2CCN(c3cccc(OC)c3)CC2)cc1OC. The molecule has 0 atom stereocenters. The van der Waals surface area contributed by atoms with Crippen LogP contribution in [-0.2, 0) is 0 Å². The number of hydrogen-bond donors (Lipinski definition) is 0. The third kappa shape index (κ3) is 4.96. The molecule has 6 nitrogen and oxygen atoms in total. The maximum Gasteiger partial charge on any atom is 0.254 e. The summed E-state index contributed by atoms with van der Waals surface area (Å²) < 4.78 is 17.2. The Morgan fingerprint density at radius 2 is 1.83 bits per heavy atom. The highest BCUT2D eigenvalue weighted by molar-refractivity contribution is 9.10. The Bertz CT molecular complexity index is 851. The van der Waals surface area contributed by atoms with Crippen LogP contribution in [0, 0.1) is 0 Å². The van der Waals surface area contributed by atoms with Crippen molar-refractivity contribution in [3.05, 3.63) is 46.4 Å². The van der Waals surface area contributed by atoms with Crippen LogP contribution in [0.5, 0.6) is 17.2 Å². The van der Waals surface area contributed by atoms with Gasteiger partial charge in [-0.25, -0.2) is 0 Å².